The van der Waals surface area contributed by atoms with Crippen LogP contribution in [0.25, 0.3) is 0 Å². The van der Waals surface area contributed by atoms with Crippen LogP contribution >= 0.6 is 0 Å². The molecule has 2 N–H and O–H groups in total. The zero-order valence-electron chi connectivity index (χ0n) is 13.4. The van der Waals surface area contributed by atoms with Gasteiger partial charge in [0.15, 0.2) is 5.82 Å². The van der Waals surface area contributed by atoms with Crippen LogP contribution in [0, 0.1) is 6.92 Å². The first-order chi connectivity index (χ1) is 11.5. The highest BCUT2D eigenvalue weighted by Crippen LogP contribution is 2.21. The van der Waals surface area contributed by atoms with Crippen molar-refractivity contribution in [3.05, 3.63) is 41.6 Å². The van der Waals surface area contributed by atoms with Crippen molar-refractivity contribution in [2.24, 2.45) is 0 Å². The van der Waals surface area contributed by atoms with Crippen LogP contribution < -0.4 is 5.32 Å². The fourth-order valence-corrected chi connectivity index (χ4v) is 4.29. The highest BCUT2D eigenvalue weighted by molar-refractivity contribution is 7.89. The number of aryl methyl sites for hydroxylation is 1. The molecule has 2 heterocycles. The summed E-state index contributed by atoms with van der Waals surface area (Å²) in [6.45, 7) is 2.89. The SMILES string of the molecule is Cc1cc(NC(=O)c2cccc(S(=O)(=O)N3CCCCC3)c2)n[nH]1. The number of benzene rings is 1. The van der Waals surface area contributed by atoms with E-state index in [4.69, 9.17) is 0 Å². The van der Waals surface area contributed by atoms with E-state index in [1.165, 1.54) is 16.4 Å². The van der Waals surface area contributed by atoms with Crippen LogP contribution in [0.3, 0.4) is 0 Å². The molecule has 0 atom stereocenters. The third kappa shape index (κ3) is 3.49. The summed E-state index contributed by atoms with van der Waals surface area (Å²) in [6, 6.07) is 7.82. The number of nitrogens with one attached hydrogen (secondary N) is 2. The lowest BCUT2D eigenvalue weighted by Crippen LogP contribution is -2.35. The molecule has 24 heavy (non-hydrogen) atoms. The Morgan fingerprint density at radius 1 is 1.21 bits per heavy atom. The third-order valence-corrected chi connectivity index (χ3v) is 5.89. The van der Waals surface area contributed by atoms with E-state index in [2.05, 4.69) is 15.5 Å². The normalized spacial score (nSPS) is 16.0. The van der Waals surface area contributed by atoms with E-state index >= 15 is 0 Å². The number of carbonyl (C=O) groups is 1. The van der Waals surface area contributed by atoms with Crippen molar-refractivity contribution in [2.45, 2.75) is 31.1 Å². The maximum Gasteiger partial charge on any atom is 0.256 e. The molecule has 0 saturated carbocycles. The number of carbonyl (C=O) groups excluding carboxylic acids is 1. The standard InChI is InChI=1S/C16H20N4O3S/c1-12-10-15(19-18-12)17-16(21)13-6-5-7-14(11-13)24(22,23)20-8-3-2-4-9-20/h5-7,10-11H,2-4,8-9H2,1H3,(H2,17,18,19,21). The number of piperidine rings is 1. The summed E-state index contributed by atoms with van der Waals surface area (Å²) >= 11 is 0. The Bertz CT molecular complexity index is 839. The van der Waals surface area contributed by atoms with Crippen molar-refractivity contribution in [3.8, 4) is 0 Å². The van der Waals surface area contributed by atoms with Crippen LogP contribution in [-0.4, -0.2) is 41.9 Å². The van der Waals surface area contributed by atoms with Crippen molar-refractivity contribution in [2.75, 3.05) is 18.4 Å². The van der Waals surface area contributed by atoms with E-state index in [1.54, 1.807) is 18.2 Å². The lowest BCUT2D eigenvalue weighted by atomic mass is 10.2. The van der Waals surface area contributed by atoms with Gasteiger partial charge in [0, 0.05) is 30.4 Å². The lowest BCUT2D eigenvalue weighted by Gasteiger charge is -2.26. The maximum absolute atomic E-state index is 12.7. The van der Waals surface area contributed by atoms with Crippen molar-refractivity contribution in [3.63, 3.8) is 0 Å². The number of anilines is 1. The van der Waals surface area contributed by atoms with Crippen molar-refractivity contribution in [1.82, 2.24) is 14.5 Å². The fraction of sp³-hybridized carbons (Fsp3) is 0.375. The Hall–Kier alpha value is -2.19. The van der Waals surface area contributed by atoms with Crippen LogP contribution in [-0.2, 0) is 10.0 Å². The summed E-state index contributed by atoms with van der Waals surface area (Å²) in [4.78, 5) is 12.5. The summed E-state index contributed by atoms with van der Waals surface area (Å²) in [5, 5.41) is 9.33. The van der Waals surface area contributed by atoms with Crippen molar-refractivity contribution in [1.29, 1.82) is 0 Å². The average Bonchev–Trinajstić information content (AvgIpc) is 3.00. The molecular weight excluding hydrogens is 328 g/mol. The number of hydrogen-bond acceptors (Lipinski definition) is 4. The quantitative estimate of drug-likeness (QED) is 0.885. The topological polar surface area (TPSA) is 95.2 Å². The van der Waals surface area contributed by atoms with Gasteiger partial charge in [0.25, 0.3) is 5.91 Å². The molecule has 0 spiro atoms. The molecule has 1 aromatic heterocycles. The molecule has 0 bridgehead atoms. The van der Waals surface area contributed by atoms with Gasteiger partial charge in [0.1, 0.15) is 0 Å². The van der Waals surface area contributed by atoms with Crippen LogP contribution in [0.5, 0.6) is 0 Å². The van der Waals surface area contributed by atoms with E-state index < -0.39 is 15.9 Å². The van der Waals surface area contributed by atoms with Crippen molar-refractivity contribution >= 4 is 21.7 Å². The molecule has 128 valence electrons. The Labute approximate surface area is 141 Å². The average molecular weight is 348 g/mol. The molecule has 1 aliphatic rings. The van der Waals surface area contributed by atoms with Crippen LogP contribution in [0.15, 0.2) is 35.2 Å². The summed E-state index contributed by atoms with van der Waals surface area (Å²) < 4.78 is 26.9. The molecule has 1 aliphatic heterocycles. The minimum atomic E-state index is -3.56. The van der Waals surface area contributed by atoms with Gasteiger partial charge in [-0.2, -0.15) is 9.40 Å². The molecule has 0 radical (unpaired) electrons. The van der Waals surface area contributed by atoms with Gasteiger partial charge >= 0.3 is 0 Å². The highest BCUT2D eigenvalue weighted by atomic mass is 32.2. The van der Waals surface area contributed by atoms with Gasteiger partial charge in [-0.05, 0) is 38.0 Å². The molecule has 1 amide bonds. The van der Waals surface area contributed by atoms with E-state index in [9.17, 15) is 13.2 Å². The highest BCUT2D eigenvalue weighted by Gasteiger charge is 2.26. The summed E-state index contributed by atoms with van der Waals surface area (Å²) in [7, 11) is -3.56. The predicted molar refractivity (Wildman–Crippen MR) is 90.3 cm³/mol. The van der Waals surface area contributed by atoms with Gasteiger partial charge in [0.05, 0.1) is 4.90 Å². The summed E-state index contributed by atoms with van der Waals surface area (Å²) in [5.74, 6) is 0.0129. The molecular formula is C16H20N4O3S. The fourth-order valence-electron chi connectivity index (χ4n) is 2.72. The molecule has 8 heteroatoms. The molecule has 0 aliphatic carbocycles. The molecule has 2 aromatic rings. The number of aromatic amines is 1. The van der Waals surface area contributed by atoms with E-state index in [-0.39, 0.29) is 10.5 Å². The second-order valence-electron chi connectivity index (χ2n) is 5.88. The number of amides is 1. The van der Waals surface area contributed by atoms with Crippen LogP contribution in [0.4, 0.5) is 5.82 Å². The minimum Gasteiger partial charge on any atom is -0.305 e. The van der Waals surface area contributed by atoms with Crippen LogP contribution in [0.1, 0.15) is 35.3 Å². The number of H-pyrrole nitrogens is 1. The Morgan fingerprint density at radius 3 is 2.62 bits per heavy atom. The molecule has 1 saturated heterocycles. The molecule has 0 unspecified atom stereocenters. The Kier molecular flexibility index (Phi) is 4.68. The summed E-state index contributed by atoms with van der Waals surface area (Å²) in [6.07, 6.45) is 2.80. The zero-order valence-corrected chi connectivity index (χ0v) is 14.3. The van der Waals surface area contributed by atoms with Gasteiger partial charge < -0.3 is 5.32 Å². The molecule has 7 nitrogen and oxygen atoms in total. The molecule has 3 rings (SSSR count). The lowest BCUT2D eigenvalue weighted by molar-refractivity contribution is 0.102. The van der Waals surface area contributed by atoms with Gasteiger partial charge in [-0.3, -0.25) is 9.89 Å². The first-order valence-corrected chi connectivity index (χ1v) is 9.34. The monoisotopic (exact) mass is 348 g/mol. The number of rotatable bonds is 4. The summed E-state index contributed by atoms with van der Waals surface area (Å²) in [5.41, 5.74) is 1.11. The van der Waals surface area contributed by atoms with Gasteiger partial charge in [-0.15, -0.1) is 0 Å². The Balaban J connectivity index is 1.81. The minimum absolute atomic E-state index is 0.148. The van der Waals surface area contributed by atoms with Gasteiger partial charge in [-0.1, -0.05) is 12.5 Å². The molecule has 1 aromatic carbocycles. The smallest absolute Gasteiger partial charge is 0.256 e. The second kappa shape index (κ2) is 6.74. The van der Waals surface area contributed by atoms with Crippen LogP contribution in [0.2, 0.25) is 0 Å². The Morgan fingerprint density at radius 2 is 1.96 bits per heavy atom. The zero-order chi connectivity index (χ0) is 17.2. The van der Waals surface area contributed by atoms with E-state index in [0.717, 1.165) is 25.0 Å². The van der Waals surface area contributed by atoms with Gasteiger partial charge in [0.2, 0.25) is 10.0 Å². The van der Waals surface area contributed by atoms with Crippen molar-refractivity contribution < 1.29 is 13.2 Å². The van der Waals surface area contributed by atoms with E-state index in [0.29, 0.717) is 18.9 Å². The van der Waals surface area contributed by atoms with Gasteiger partial charge in [-0.25, -0.2) is 8.42 Å². The first-order valence-electron chi connectivity index (χ1n) is 7.90. The molecule has 1 fully saturated rings. The number of hydrogen-bond donors (Lipinski definition) is 2. The number of aromatic nitrogens is 2. The first kappa shape index (κ1) is 16.7. The largest absolute Gasteiger partial charge is 0.305 e. The van der Waals surface area contributed by atoms with E-state index in [1.807, 2.05) is 6.92 Å². The third-order valence-electron chi connectivity index (χ3n) is 4.00. The number of sulfonamides is 1. The maximum atomic E-state index is 12.7. The second-order valence-corrected chi connectivity index (χ2v) is 7.82. The predicted octanol–water partition coefficient (Wildman–Crippen LogP) is 2.15. The number of nitrogens with zero attached hydrogens (tertiary/aromatic N) is 2.